The Kier molecular flexibility index (Phi) is 6.25. The number of halogens is 2. The molecule has 122 valence electrons. The minimum atomic E-state index is -0.173. The fourth-order valence-corrected chi connectivity index (χ4v) is 3.05. The summed E-state index contributed by atoms with van der Waals surface area (Å²) in [4.78, 5) is 12.1. The summed E-state index contributed by atoms with van der Waals surface area (Å²) in [7, 11) is 0. The highest BCUT2D eigenvalue weighted by molar-refractivity contribution is 9.10. The highest BCUT2D eigenvalue weighted by atomic mass is 79.9. The summed E-state index contributed by atoms with van der Waals surface area (Å²) >= 11 is 6.87. The Hall–Kier alpha value is -1.33. The molecule has 0 aromatic heterocycles. The van der Waals surface area contributed by atoms with E-state index in [1.165, 1.54) is 0 Å². The first-order valence-electron chi connectivity index (χ1n) is 7.35. The van der Waals surface area contributed by atoms with Crippen LogP contribution in [0.5, 0.6) is 5.75 Å². The zero-order valence-corrected chi connectivity index (χ0v) is 16.5. The summed E-state index contributed by atoms with van der Waals surface area (Å²) < 4.78 is 7.70. The number of carbonyl (C=O) groups is 1. The number of benzene rings is 2. The number of carbonyl (C=O) groups excluding carboxylic acids is 1. The van der Waals surface area contributed by atoms with E-state index in [4.69, 9.17) is 4.74 Å². The van der Waals surface area contributed by atoms with E-state index in [2.05, 4.69) is 51.0 Å². The largest absolute Gasteiger partial charge is 0.483 e. The average molecular weight is 441 g/mol. The predicted molar refractivity (Wildman–Crippen MR) is 101 cm³/mol. The molecular weight excluding hydrogens is 422 g/mol. The molecule has 0 atom stereocenters. The van der Waals surface area contributed by atoms with Gasteiger partial charge in [-0.1, -0.05) is 45.7 Å². The van der Waals surface area contributed by atoms with E-state index >= 15 is 0 Å². The van der Waals surface area contributed by atoms with Crippen LogP contribution < -0.4 is 10.1 Å². The summed E-state index contributed by atoms with van der Waals surface area (Å²) in [5.41, 5.74) is 2.87. The van der Waals surface area contributed by atoms with Crippen LogP contribution in [0.4, 0.5) is 5.69 Å². The van der Waals surface area contributed by atoms with Gasteiger partial charge < -0.3 is 10.1 Å². The Balaban J connectivity index is 2.02. The Labute approximate surface area is 153 Å². The zero-order chi connectivity index (χ0) is 17.0. The van der Waals surface area contributed by atoms with Crippen molar-refractivity contribution in [2.45, 2.75) is 26.7 Å². The number of amides is 1. The summed E-state index contributed by atoms with van der Waals surface area (Å²) in [6.07, 6.45) is 0. The van der Waals surface area contributed by atoms with E-state index in [1.807, 2.05) is 43.3 Å². The van der Waals surface area contributed by atoms with Crippen LogP contribution in [0.3, 0.4) is 0 Å². The summed E-state index contributed by atoms with van der Waals surface area (Å²) in [5, 5.41) is 2.87. The molecule has 3 nitrogen and oxygen atoms in total. The molecule has 0 aliphatic rings. The topological polar surface area (TPSA) is 38.3 Å². The monoisotopic (exact) mass is 439 g/mol. The molecule has 1 N–H and O–H groups in total. The number of hydrogen-bond acceptors (Lipinski definition) is 2. The number of ether oxygens (including phenoxy) is 1. The maximum Gasteiger partial charge on any atom is 0.262 e. The van der Waals surface area contributed by atoms with Crippen LogP contribution in [0.2, 0.25) is 0 Å². The summed E-state index contributed by atoms with van der Waals surface area (Å²) in [6.45, 7) is 6.13. The predicted octanol–water partition coefficient (Wildman–Crippen LogP) is 5.66. The minimum Gasteiger partial charge on any atom is -0.483 e. The number of nitrogens with one attached hydrogen (secondary N) is 1. The minimum absolute atomic E-state index is 0.0170. The van der Waals surface area contributed by atoms with Crippen molar-refractivity contribution < 1.29 is 9.53 Å². The Bertz CT molecular complexity index is 714. The van der Waals surface area contributed by atoms with Crippen LogP contribution in [0, 0.1) is 6.92 Å². The van der Waals surface area contributed by atoms with E-state index in [9.17, 15) is 4.79 Å². The van der Waals surface area contributed by atoms with E-state index in [0.717, 1.165) is 31.5 Å². The van der Waals surface area contributed by atoms with Gasteiger partial charge in [-0.2, -0.15) is 0 Å². The van der Waals surface area contributed by atoms with Crippen molar-refractivity contribution in [3.63, 3.8) is 0 Å². The first-order chi connectivity index (χ1) is 10.9. The lowest BCUT2D eigenvalue weighted by molar-refractivity contribution is -0.118. The van der Waals surface area contributed by atoms with Crippen LogP contribution >= 0.6 is 31.9 Å². The third kappa shape index (κ3) is 5.08. The van der Waals surface area contributed by atoms with Crippen LogP contribution in [0.1, 0.15) is 30.9 Å². The molecule has 0 bridgehead atoms. The van der Waals surface area contributed by atoms with Crippen molar-refractivity contribution in [2.24, 2.45) is 0 Å². The van der Waals surface area contributed by atoms with Gasteiger partial charge in [0.25, 0.3) is 5.91 Å². The van der Waals surface area contributed by atoms with Gasteiger partial charge in [0.15, 0.2) is 6.61 Å². The first kappa shape index (κ1) is 18.0. The van der Waals surface area contributed by atoms with Gasteiger partial charge in [-0.15, -0.1) is 0 Å². The van der Waals surface area contributed by atoms with Gasteiger partial charge in [-0.3, -0.25) is 4.79 Å². The molecule has 0 heterocycles. The quantitative estimate of drug-likeness (QED) is 0.651. The van der Waals surface area contributed by atoms with Gasteiger partial charge in [0, 0.05) is 14.6 Å². The van der Waals surface area contributed by atoms with Crippen molar-refractivity contribution in [3.8, 4) is 5.75 Å². The second-order valence-electron chi connectivity index (χ2n) is 5.63. The molecule has 0 aliphatic carbocycles. The molecule has 2 aromatic carbocycles. The van der Waals surface area contributed by atoms with Crippen molar-refractivity contribution >= 4 is 43.5 Å². The third-order valence-corrected chi connectivity index (χ3v) is 4.40. The zero-order valence-electron chi connectivity index (χ0n) is 13.3. The normalized spacial score (nSPS) is 10.7. The molecule has 23 heavy (non-hydrogen) atoms. The van der Waals surface area contributed by atoms with E-state index in [-0.39, 0.29) is 12.5 Å². The number of aryl methyl sites for hydroxylation is 1. The second-order valence-corrected chi connectivity index (χ2v) is 7.46. The fourth-order valence-electron chi connectivity index (χ4n) is 2.20. The molecular formula is C18H19Br2NO2. The maximum absolute atomic E-state index is 12.1. The Morgan fingerprint density at radius 2 is 1.78 bits per heavy atom. The molecule has 0 unspecified atom stereocenters. The summed E-state index contributed by atoms with van der Waals surface area (Å²) in [5.74, 6) is 0.887. The highest BCUT2D eigenvalue weighted by Gasteiger charge is 2.11. The molecule has 0 radical (unpaired) electrons. The molecule has 0 aliphatic heterocycles. The van der Waals surface area contributed by atoms with Crippen LogP contribution in [-0.2, 0) is 4.79 Å². The van der Waals surface area contributed by atoms with Gasteiger partial charge in [-0.25, -0.2) is 0 Å². The molecule has 0 saturated heterocycles. The lowest BCUT2D eigenvalue weighted by Gasteiger charge is -2.15. The third-order valence-electron chi connectivity index (χ3n) is 3.42. The fraction of sp³-hybridized carbons (Fsp3) is 0.278. The standard InChI is InChI=1S/C18H19Br2NO2/c1-11(2)15-9-14(20)5-7-17(15)23-10-18(22)21-16-6-4-13(19)8-12(16)3/h4-9,11H,10H2,1-3H3,(H,21,22). The molecule has 1 amide bonds. The van der Waals surface area contributed by atoms with Crippen LogP contribution in [-0.4, -0.2) is 12.5 Å². The summed E-state index contributed by atoms with van der Waals surface area (Å²) in [6, 6.07) is 11.6. The lowest BCUT2D eigenvalue weighted by Crippen LogP contribution is -2.21. The molecule has 0 spiro atoms. The second kappa shape index (κ2) is 7.97. The highest BCUT2D eigenvalue weighted by Crippen LogP contribution is 2.29. The van der Waals surface area contributed by atoms with Gasteiger partial charge in [0.2, 0.25) is 0 Å². The molecule has 5 heteroatoms. The van der Waals surface area contributed by atoms with Crippen LogP contribution in [0.15, 0.2) is 45.3 Å². The van der Waals surface area contributed by atoms with Crippen molar-refractivity contribution in [2.75, 3.05) is 11.9 Å². The first-order valence-corrected chi connectivity index (χ1v) is 8.93. The van der Waals surface area contributed by atoms with Crippen molar-refractivity contribution in [1.82, 2.24) is 0 Å². The maximum atomic E-state index is 12.1. The van der Waals surface area contributed by atoms with Crippen molar-refractivity contribution in [3.05, 3.63) is 56.5 Å². The van der Waals surface area contributed by atoms with Gasteiger partial charge in [0.1, 0.15) is 5.75 Å². The number of rotatable bonds is 5. The van der Waals surface area contributed by atoms with Gasteiger partial charge in [0.05, 0.1) is 0 Å². The van der Waals surface area contributed by atoms with E-state index in [1.54, 1.807) is 0 Å². The molecule has 2 aromatic rings. The molecule has 0 fully saturated rings. The van der Waals surface area contributed by atoms with E-state index in [0.29, 0.717) is 5.92 Å². The smallest absolute Gasteiger partial charge is 0.262 e. The van der Waals surface area contributed by atoms with Crippen LogP contribution in [0.25, 0.3) is 0 Å². The van der Waals surface area contributed by atoms with Crippen molar-refractivity contribution in [1.29, 1.82) is 0 Å². The molecule has 2 rings (SSSR count). The SMILES string of the molecule is Cc1cc(Br)ccc1NC(=O)COc1ccc(Br)cc1C(C)C. The van der Waals surface area contributed by atoms with Gasteiger partial charge in [-0.05, 0) is 60.4 Å². The Morgan fingerprint density at radius 1 is 1.13 bits per heavy atom. The number of anilines is 1. The average Bonchev–Trinajstić information content (AvgIpc) is 2.48. The lowest BCUT2D eigenvalue weighted by atomic mass is 10.0. The Morgan fingerprint density at radius 3 is 2.43 bits per heavy atom. The van der Waals surface area contributed by atoms with E-state index < -0.39 is 0 Å². The molecule has 0 saturated carbocycles. The number of hydrogen-bond donors (Lipinski definition) is 1. The van der Waals surface area contributed by atoms with Gasteiger partial charge >= 0.3 is 0 Å².